The molecule has 0 aromatic carbocycles. The van der Waals surface area contributed by atoms with Gasteiger partial charge in [0.25, 0.3) is 0 Å². The summed E-state index contributed by atoms with van der Waals surface area (Å²) in [5.41, 5.74) is 0.963. The summed E-state index contributed by atoms with van der Waals surface area (Å²) < 4.78 is 0. The van der Waals surface area contributed by atoms with Gasteiger partial charge in [0, 0.05) is 17.1 Å². The third-order valence-corrected chi connectivity index (χ3v) is 2.07. The van der Waals surface area contributed by atoms with Gasteiger partial charge in [-0.15, -0.1) is 9.24 Å². The predicted octanol–water partition coefficient (Wildman–Crippen LogP) is 3.18. The summed E-state index contributed by atoms with van der Waals surface area (Å²) in [5, 5.41) is 0. The zero-order valence-electron chi connectivity index (χ0n) is 5.41. The number of hydrogen-bond donors (Lipinski definition) is 0. The van der Waals surface area contributed by atoms with Gasteiger partial charge in [0.05, 0.1) is 0 Å². The van der Waals surface area contributed by atoms with E-state index in [2.05, 4.69) is 9.24 Å². The van der Waals surface area contributed by atoms with Crippen LogP contribution in [0, 0.1) is 0 Å². The van der Waals surface area contributed by atoms with Crippen LogP contribution in [0.15, 0.2) is 0 Å². The van der Waals surface area contributed by atoms with Gasteiger partial charge in [0.1, 0.15) is 0 Å². The summed E-state index contributed by atoms with van der Waals surface area (Å²) in [6, 6.07) is 0. The largest absolute Gasteiger partial charge is 0 e. The molecule has 0 amide bonds. The van der Waals surface area contributed by atoms with Gasteiger partial charge in [-0.05, 0) is 18.5 Å². The summed E-state index contributed by atoms with van der Waals surface area (Å²) in [6.07, 6.45) is 5.83. The van der Waals surface area contributed by atoms with E-state index in [-0.39, 0.29) is 33.0 Å². The number of halogens is 2. The first-order chi connectivity index (χ1) is 4.31. The van der Waals surface area contributed by atoms with Crippen LogP contribution in [-0.2, 0) is 33.0 Å². The van der Waals surface area contributed by atoms with Crippen LogP contribution in [0.25, 0.3) is 0 Å². The van der Waals surface area contributed by atoms with E-state index < -0.39 is 0 Å². The van der Waals surface area contributed by atoms with Crippen LogP contribution in [0.5, 0.6) is 0 Å². The molecule has 0 aliphatic heterocycles. The average Bonchev–Trinajstić information content (AvgIpc) is 2.20. The maximum atomic E-state index is 4.81. The van der Waals surface area contributed by atoms with E-state index >= 15 is 0 Å². The van der Waals surface area contributed by atoms with Gasteiger partial charge in [-0.1, -0.05) is 12.8 Å². The molecule has 10 heavy (non-hydrogen) atoms. The Hall–Kier alpha value is 2.19. The van der Waals surface area contributed by atoms with Crippen LogP contribution in [0.2, 0.25) is 0 Å². The van der Waals surface area contributed by atoms with Crippen molar-refractivity contribution in [1.29, 1.82) is 0 Å². The van der Waals surface area contributed by atoms with Crippen molar-refractivity contribution in [3.05, 3.63) is 0 Å². The third-order valence-electron chi connectivity index (χ3n) is 1.40. The van der Waals surface area contributed by atoms with E-state index in [1.807, 2.05) is 0 Å². The standard InChI is InChI=1S/C5H11P.2ClH.Fe.Pd/c6-5-3-1-2-4-5;;;;/h5H,1-4,6H2;2*1H;;/q;;;;+2/p-2. The molecule has 1 rings (SSSR count). The van der Waals surface area contributed by atoms with Gasteiger partial charge in [0.2, 0.25) is 0 Å². The van der Waals surface area contributed by atoms with E-state index in [4.69, 9.17) is 19.1 Å². The summed E-state index contributed by atoms with van der Waals surface area (Å²) in [6.45, 7) is 0. The smallest absolute Gasteiger partial charge is 0 e. The van der Waals surface area contributed by atoms with Crippen molar-refractivity contribution in [1.82, 2.24) is 0 Å². The Morgan fingerprint density at radius 2 is 1.50 bits per heavy atom. The van der Waals surface area contributed by atoms with Crippen LogP contribution in [0.1, 0.15) is 25.7 Å². The first-order valence-electron chi connectivity index (χ1n) is 2.89. The summed E-state index contributed by atoms with van der Waals surface area (Å²) in [7, 11) is 12.5. The van der Waals surface area contributed by atoms with Crippen molar-refractivity contribution < 1.29 is 33.0 Å². The molecule has 0 bridgehead atoms. The molecule has 1 atom stereocenters. The van der Waals surface area contributed by atoms with Crippen LogP contribution in [0.4, 0.5) is 0 Å². The molecule has 0 aromatic rings. The maximum Gasteiger partial charge on any atom is 0 e. The Bertz CT molecular complexity index is 61.6. The molecule has 0 radical (unpaired) electrons. The molecule has 1 aliphatic carbocycles. The zero-order valence-corrected chi connectivity index (χ0v) is 10.7. The molecule has 0 N–H and O–H groups in total. The molecule has 1 saturated carbocycles. The molecule has 0 saturated heterocycles. The van der Waals surface area contributed by atoms with Crippen molar-refractivity contribution in [2.45, 2.75) is 31.3 Å². The van der Waals surface area contributed by atoms with Crippen molar-refractivity contribution in [3.8, 4) is 0 Å². The molecule has 68 valence electrons. The van der Waals surface area contributed by atoms with Gasteiger partial charge in [-0.2, -0.15) is 0 Å². The third kappa shape index (κ3) is 10.2. The van der Waals surface area contributed by atoms with E-state index in [1.165, 1.54) is 25.7 Å². The van der Waals surface area contributed by atoms with Crippen LogP contribution in [-0.4, -0.2) is 5.66 Å². The average molecular weight is 335 g/mol. The van der Waals surface area contributed by atoms with Gasteiger partial charge in [0.15, 0.2) is 0 Å². The second-order valence-electron chi connectivity index (χ2n) is 2.09. The molecule has 0 aromatic heterocycles. The van der Waals surface area contributed by atoms with Gasteiger partial charge in [-0.25, -0.2) is 0 Å². The quantitative estimate of drug-likeness (QED) is 0.471. The molecular formula is C5H11Cl2FePPd. The zero-order chi connectivity index (χ0) is 7.11. The summed E-state index contributed by atoms with van der Waals surface area (Å²) >= 11 is -0.106. The fourth-order valence-corrected chi connectivity index (χ4v) is 1.43. The predicted molar refractivity (Wildman–Crippen MR) is 43.7 cm³/mol. The Morgan fingerprint density at radius 3 is 1.60 bits per heavy atom. The Kier molecular flexibility index (Phi) is 16.5. The Labute approximate surface area is 92.0 Å². The van der Waals surface area contributed by atoms with Crippen LogP contribution < -0.4 is 0 Å². The van der Waals surface area contributed by atoms with Gasteiger partial charge in [-0.3, -0.25) is 0 Å². The Morgan fingerprint density at radius 1 is 1.20 bits per heavy atom. The maximum absolute atomic E-state index is 4.81. The van der Waals surface area contributed by atoms with E-state index in [0.29, 0.717) is 0 Å². The molecule has 0 heterocycles. The van der Waals surface area contributed by atoms with E-state index in [0.717, 1.165) is 5.66 Å². The first-order valence-corrected chi connectivity index (χ1v) is 7.56. The van der Waals surface area contributed by atoms with Crippen LogP contribution in [0.3, 0.4) is 0 Å². The molecule has 1 unspecified atom stereocenters. The SMILES string of the molecule is PC1CCCC1.[Cl][Pd][Cl].[Fe]. The minimum atomic E-state index is -0.106. The van der Waals surface area contributed by atoms with Crippen molar-refractivity contribution in [3.63, 3.8) is 0 Å². The molecular weight excluding hydrogens is 324 g/mol. The first kappa shape index (κ1) is 14.7. The van der Waals surface area contributed by atoms with Crippen molar-refractivity contribution in [2.24, 2.45) is 0 Å². The topological polar surface area (TPSA) is 0 Å². The van der Waals surface area contributed by atoms with Gasteiger partial charge < -0.3 is 0 Å². The molecule has 0 nitrogen and oxygen atoms in total. The molecule has 1 fully saturated rings. The van der Waals surface area contributed by atoms with Crippen molar-refractivity contribution >= 4 is 28.3 Å². The Balaban J connectivity index is 0. The summed E-state index contributed by atoms with van der Waals surface area (Å²) in [4.78, 5) is 0. The monoisotopic (exact) mass is 334 g/mol. The number of hydrogen-bond acceptors (Lipinski definition) is 0. The second-order valence-corrected chi connectivity index (χ2v) is 5.39. The minimum absolute atomic E-state index is 0. The van der Waals surface area contributed by atoms with Crippen molar-refractivity contribution in [2.75, 3.05) is 0 Å². The molecule has 0 spiro atoms. The fraction of sp³-hybridized carbons (Fsp3) is 1.00. The molecule has 1 aliphatic rings. The van der Waals surface area contributed by atoms with E-state index in [9.17, 15) is 0 Å². The van der Waals surface area contributed by atoms with Gasteiger partial charge >= 0.3 is 35.0 Å². The van der Waals surface area contributed by atoms with E-state index in [1.54, 1.807) is 0 Å². The normalized spacial score (nSPS) is 17.5. The summed E-state index contributed by atoms with van der Waals surface area (Å²) in [5.74, 6) is 0. The second kappa shape index (κ2) is 11.2. The van der Waals surface area contributed by atoms with Crippen LogP contribution >= 0.6 is 28.3 Å². The fourth-order valence-electron chi connectivity index (χ4n) is 0.957. The minimum Gasteiger partial charge on any atom is 0 e. The number of rotatable bonds is 0. The molecule has 5 heteroatoms.